The van der Waals surface area contributed by atoms with Crippen molar-refractivity contribution in [3.05, 3.63) is 23.7 Å². The number of nitrogens with zero attached hydrogens (tertiary/aromatic N) is 1. The fourth-order valence-corrected chi connectivity index (χ4v) is 2.46. The molecule has 0 spiro atoms. The van der Waals surface area contributed by atoms with Crippen molar-refractivity contribution in [1.29, 1.82) is 0 Å². The Kier molecular flexibility index (Phi) is 4.52. The van der Waals surface area contributed by atoms with Gasteiger partial charge in [0.15, 0.2) is 0 Å². The molecule has 0 saturated carbocycles. The lowest BCUT2D eigenvalue weighted by molar-refractivity contribution is -0.120. The van der Waals surface area contributed by atoms with Crippen LogP contribution in [0.25, 0.3) is 10.1 Å². The summed E-state index contributed by atoms with van der Waals surface area (Å²) >= 11 is 1.69. The average molecular weight is 263 g/mol. The van der Waals surface area contributed by atoms with Crippen LogP contribution in [-0.4, -0.2) is 24.0 Å². The molecule has 1 amide bonds. The summed E-state index contributed by atoms with van der Waals surface area (Å²) in [7, 11) is 0. The lowest BCUT2D eigenvalue weighted by Gasteiger charge is -2.07. The van der Waals surface area contributed by atoms with Gasteiger partial charge in [-0.3, -0.25) is 4.79 Å². The smallest absolute Gasteiger partial charge is 0.221 e. The van der Waals surface area contributed by atoms with E-state index in [9.17, 15) is 4.79 Å². The van der Waals surface area contributed by atoms with E-state index in [0.717, 1.165) is 24.2 Å². The number of aromatic nitrogens is 1. The monoisotopic (exact) mass is 263 g/mol. The molecule has 2 aromatic heterocycles. The Balaban J connectivity index is 1.87. The molecule has 0 aromatic carbocycles. The van der Waals surface area contributed by atoms with Crippen molar-refractivity contribution in [3.8, 4) is 0 Å². The fraction of sp³-hybridized carbons (Fsp3) is 0.385. The number of fused-ring (bicyclic) bond motifs is 1. The molecular formula is C13H17N3OS. The molecule has 0 saturated heterocycles. The molecule has 0 unspecified atom stereocenters. The first-order valence-electron chi connectivity index (χ1n) is 6.14. The Morgan fingerprint density at radius 2 is 2.28 bits per heavy atom. The van der Waals surface area contributed by atoms with Gasteiger partial charge in [0, 0.05) is 35.8 Å². The van der Waals surface area contributed by atoms with E-state index >= 15 is 0 Å². The lowest BCUT2D eigenvalue weighted by Crippen LogP contribution is -2.25. The van der Waals surface area contributed by atoms with E-state index in [2.05, 4.69) is 15.6 Å². The highest BCUT2D eigenvalue weighted by Crippen LogP contribution is 2.25. The summed E-state index contributed by atoms with van der Waals surface area (Å²) in [6, 6.07) is 4.05. The number of pyridine rings is 1. The molecule has 96 valence electrons. The molecule has 18 heavy (non-hydrogen) atoms. The standard InChI is InChI=1S/C13H17N3OS/c1-2-6-14-12(17)4-8-16-13-10-5-9-18-11(10)3-7-15-13/h3,5,7,9H,2,4,6,8H2,1H3,(H,14,17)(H,15,16). The highest BCUT2D eigenvalue weighted by atomic mass is 32.1. The molecule has 0 bridgehead atoms. The number of carbonyl (C=O) groups is 1. The first kappa shape index (κ1) is 12.8. The quantitative estimate of drug-likeness (QED) is 0.842. The minimum Gasteiger partial charge on any atom is -0.369 e. The molecule has 0 fully saturated rings. The van der Waals surface area contributed by atoms with Gasteiger partial charge in [-0.05, 0) is 23.9 Å². The second-order valence-electron chi connectivity index (χ2n) is 4.02. The number of thiophene rings is 1. The third kappa shape index (κ3) is 3.20. The predicted octanol–water partition coefficient (Wildman–Crippen LogP) is 2.62. The summed E-state index contributed by atoms with van der Waals surface area (Å²) in [6.45, 7) is 3.40. The Labute approximate surface area is 110 Å². The Morgan fingerprint density at radius 3 is 3.11 bits per heavy atom. The fourth-order valence-electron chi connectivity index (χ4n) is 1.68. The van der Waals surface area contributed by atoms with Crippen LogP contribution < -0.4 is 10.6 Å². The van der Waals surface area contributed by atoms with Crippen LogP contribution in [0.1, 0.15) is 19.8 Å². The number of rotatable bonds is 6. The number of nitrogens with one attached hydrogen (secondary N) is 2. The highest BCUT2D eigenvalue weighted by Gasteiger charge is 2.04. The van der Waals surface area contributed by atoms with E-state index in [4.69, 9.17) is 0 Å². The predicted molar refractivity (Wildman–Crippen MR) is 76.0 cm³/mol. The van der Waals surface area contributed by atoms with Crippen molar-refractivity contribution in [3.63, 3.8) is 0 Å². The third-order valence-corrected chi connectivity index (χ3v) is 3.48. The number of hydrogen-bond donors (Lipinski definition) is 2. The lowest BCUT2D eigenvalue weighted by atomic mass is 10.3. The summed E-state index contributed by atoms with van der Waals surface area (Å²) < 4.78 is 1.21. The summed E-state index contributed by atoms with van der Waals surface area (Å²) in [5, 5.41) is 9.24. The maximum absolute atomic E-state index is 11.4. The van der Waals surface area contributed by atoms with Gasteiger partial charge in [-0.2, -0.15) is 0 Å². The topological polar surface area (TPSA) is 54.0 Å². The first-order chi connectivity index (χ1) is 8.81. The van der Waals surface area contributed by atoms with E-state index in [1.165, 1.54) is 4.70 Å². The van der Waals surface area contributed by atoms with Gasteiger partial charge in [0.05, 0.1) is 0 Å². The Hall–Kier alpha value is -1.62. The maximum atomic E-state index is 11.4. The van der Waals surface area contributed by atoms with Crippen molar-refractivity contribution in [2.45, 2.75) is 19.8 Å². The van der Waals surface area contributed by atoms with Crippen LogP contribution >= 0.6 is 11.3 Å². The molecule has 0 aliphatic heterocycles. The van der Waals surface area contributed by atoms with Gasteiger partial charge in [-0.15, -0.1) is 11.3 Å². The third-order valence-electron chi connectivity index (χ3n) is 2.60. The molecule has 0 atom stereocenters. The second-order valence-corrected chi connectivity index (χ2v) is 4.97. The first-order valence-corrected chi connectivity index (χ1v) is 7.02. The number of anilines is 1. The van der Waals surface area contributed by atoms with Gasteiger partial charge >= 0.3 is 0 Å². The van der Waals surface area contributed by atoms with Crippen LogP contribution in [0.15, 0.2) is 23.7 Å². The van der Waals surface area contributed by atoms with Crippen LogP contribution in [0.3, 0.4) is 0 Å². The van der Waals surface area contributed by atoms with Crippen molar-refractivity contribution in [2.75, 3.05) is 18.4 Å². The molecule has 2 rings (SSSR count). The molecule has 0 aliphatic carbocycles. The molecular weight excluding hydrogens is 246 g/mol. The molecule has 0 radical (unpaired) electrons. The van der Waals surface area contributed by atoms with Crippen LogP contribution in [0.2, 0.25) is 0 Å². The van der Waals surface area contributed by atoms with Gasteiger partial charge in [0.1, 0.15) is 5.82 Å². The zero-order valence-corrected chi connectivity index (χ0v) is 11.2. The number of carbonyl (C=O) groups excluding carboxylic acids is 1. The number of amides is 1. The average Bonchev–Trinajstić information content (AvgIpc) is 2.85. The summed E-state index contributed by atoms with van der Waals surface area (Å²) in [5.41, 5.74) is 0. The normalized spacial score (nSPS) is 10.5. The summed E-state index contributed by atoms with van der Waals surface area (Å²) in [6.07, 6.45) is 3.23. The van der Waals surface area contributed by atoms with E-state index in [0.29, 0.717) is 13.0 Å². The minimum absolute atomic E-state index is 0.0850. The van der Waals surface area contributed by atoms with Crippen molar-refractivity contribution >= 4 is 33.1 Å². The second kappa shape index (κ2) is 6.35. The van der Waals surface area contributed by atoms with E-state index in [1.807, 2.05) is 24.4 Å². The minimum atomic E-state index is 0.0850. The maximum Gasteiger partial charge on any atom is 0.221 e. The summed E-state index contributed by atoms with van der Waals surface area (Å²) in [5.74, 6) is 0.943. The van der Waals surface area contributed by atoms with Crippen molar-refractivity contribution in [1.82, 2.24) is 10.3 Å². The molecule has 5 heteroatoms. The van der Waals surface area contributed by atoms with E-state index in [-0.39, 0.29) is 5.91 Å². The Bertz CT molecular complexity index is 524. The van der Waals surface area contributed by atoms with Crippen LogP contribution in [0.4, 0.5) is 5.82 Å². The van der Waals surface area contributed by atoms with Gasteiger partial charge < -0.3 is 10.6 Å². The zero-order valence-electron chi connectivity index (χ0n) is 10.4. The highest BCUT2D eigenvalue weighted by molar-refractivity contribution is 7.17. The Morgan fingerprint density at radius 1 is 1.39 bits per heavy atom. The summed E-state index contributed by atoms with van der Waals surface area (Å²) in [4.78, 5) is 15.7. The van der Waals surface area contributed by atoms with E-state index in [1.54, 1.807) is 17.5 Å². The van der Waals surface area contributed by atoms with Gasteiger partial charge in [0.2, 0.25) is 5.91 Å². The molecule has 2 N–H and O–H groups in total. The van der Waals surface area contributed by atoms with Gasteiger partial charge in [-0.25, -0.2) is 4.98 Å². The number of hydrogen-bond acceptors (Lipinski definition) is 4. The van der Waals surface area contributed by atoms with Gasteiger partial charge in [0.25, 0.3) is 0 Å². The van der Waals surface area contributed by atoms with Crippen LogP contribution in [-0.2, 0) is 4.79 Å². The van der Waals surface area contributed by atoms with Crippen molar-refractivity contribution in [2.24, 2.45) is 0 Å². The SMILES string of the molecule is CCCNC(=O)CCNc1nccc2sccc12. The van der Waals surface area contributed by atoms with Crippen LogP contribution in [0.5, 0.6) is 0 Å². The van der Waals surface area contributed by atoms with E-state index < -0.39 is 0 Å². The largest absolute Gasteiger partial charge is 0.369 e. The zero-order chi connectivity index (χ0) is 12.8. The van der Waals surface area contributed by atoms with Gasteiger partial charge in [-0.1, -0.05) is 6.92 Å². The van der Waals surface area contributed by atoms with Crippen molar-refractivity contribution < 1.29 is 4.79 Å². The van der Waals surface area contributed by atoms with Crippen LogP contribution in [0, 0.1) is 0 Å². The molecule has 0 aliphatic rings. The molecule has 4 nitrogen and oxygen atoms in total. The molecule has 2 heterocycles. The molecule has 2 aromatic rings.